The van der Waals surface area contributed by atoms with Gasteiger partial charge in [-0.1, -0.05) is 179 Å². The van der Waals surface area contributed by atoms with Crippen LogP contribution < -0.4 is 0 Å². The Balaban J connectivity index is 0.941. The largest absolute Gasteiger partial charge is 0.458 e. The summed E-state index contributed by atoms with van der Waals surface area (Å²) in [6.45, 7) is 31.8. The number of carbonyl (C=O) groups excluding carboxylic acids is 6. The number of methoxy groups -OCH3 is 4. The minimum atomic E-state index is -1.16. The average molecular weight is 2200 g/mol. The van der Waals surface area contributed by atoms with Crippen LogP contribution in [0.5, 0.6) is 0 Å². The first-order chi connectivity index (χ1) is 66.6. The van der Waals surface area contributed by atoms with E-state index >= 15 is 9.59 Å². The van der Waals surface area contributed by atoms with Crippen LogP contribution >= 0.6 is 63.7 Å². The van der Waals surface area contributed by atoms with Gasteiger partial charge in [0, 0.05) is 145 Å². The van der Waals surface area contributed by atoms with Crippen molar-refractivity contribution in [3.63, 3.8) is 0 Å². The van der Waals surface area contributed by atoms with E-state index < -0.39 is 157 Å². The summed E-state index contributed by atoms with van der Waals surface area (Å²) in [6, 6.07) is 28.1. The van der Waals surface area contributed by atoms with Crippen molar-refractivity contribution in [1.29, 1.82) is 0 Å². The van der Waals surface area contributed by atoms with Crippen molar-refractivity contribution in [3.8, 4) is 0 Å². The molecular formula is C112H152Br4O24. The van der Waals surface area contributed by atoms with Gasteiger partial charge in [0.05, 0.1) is 120 Å². The first kappa shape index (κ1) is 114. The molecule has 0 unspecified atom stereocenters. The van der Waals surface area contributed by atoms with Crippen molar-refractivity contribution in [2.24, 2.45) is 47.3 Å². The van der Waals surface area contributed by atoms with Gasteiger partial charge in [0.15, 0.2) is 11.6 Å². The van der Waals surface area contributed by atoms with Crippen LogP contribution in [-0.4, -0.2) is 210 Å². The normalized spacial score (nSPS) is 33.5. The molecule has 4 aromatic rings. The highest BCUT2D eigenvalue weighted by molar-refractivity contribution is 9.11. The summed E-state index contributed by atoms with van der Waals surface area (Å²) in [5.74, 6) is -9.17. The maximum atomic E-state index is 15.2. The van der Waals surface area contributed by atoms with Gasteiger partial charge in [0.1, 0.15) is 36.6 Å². The highest BCUT2D eigenvalue weighted by Gasteiger charge is 2.51. The second-order valence-electron chi connectivity index (χ2n) is 41.0. The first-order valence-corrected chi connectivity index (χ1v) is 53.5. The summed E-state index contributed by atoms with van der Waals surface area (Å²) in [4.78, 5) is 88.4. The Labute approximate surface area is 864 Å². The fourth-order valence-corrected chi connectivity index (χ4v) is 22.2. The van der Waals surface area contributed by atoms with Crippen LogP contribution in [0.15, 0.2) is 187 Å². The SMILES string of the molecule is CO[C@H]1C[C@H](CC[C@H](C)[C@H](OC(=O)c2ccc(Br)cc2)[C@H](C)[C@H]2OC(=O)/C=C/C(C)=C/C[C@H](OC(=O)c3ccc(Br)cc3)C[C@@H]3C=CC[C@@H](C[C@H](OC)[C@@H](C)[C@@H]4C[C@@H](OC(C)(C)O4)[C@H](C)[C@@H]([C@@H](C)[C@@H](OC(=O)c4ccc(Br)cc4)[C@@H](C)CC[C@H]4C[C@H](OC)C[C@H](C)O4)OC(=O)/C=C/C(C)=C/C[C@H](OC(=O)c4ccc(Br)cc4)C[C@@H]4C=CC[C@@H](C[C@H](OC)[C@@H](C)[C@@H]5C[C@@H](OC(C)(C)O5)[C@@H]2C)O4)O3)O[C@@H](C)C1. The zero-order chi connectivity index (χ0) is 101. The van der Waals surface area contributed by atoms with Crippen LogP contribution in [0.1, 0.15) is 268 Å². The van der Waals surface area contributed by atoms with Gasteiger partial charge in [-0.2, -0.15) is 0 Å². The van der Waals surface area contributed by atoms with Crippen molar-refractivity contribution in [2.45, 2.75) is 372 Å². The van der Waals surface area contributed by atoms with E-state index in [1.807, 2.05) is 93.5 Å². The molecule has 28 heteroatoms. The lowest BCUT2D eigenvalue weighted by molar-refractivity contribution is -0.324. The van der Waals surface area contributed by atoms with Gasteiger partial charge in [0.25, 0.3) is 0 Å². The Hall–Kier alpha value is -6.42. The van der Waals surface area contributed by atoms with Crippen molar-refractivity contribution in [3.05, 3.63) is 209 Å². The molecule has 0 radical (unpaired) electrons. The number of hydrogen-bond acceptors (Lipinski definition) is 24. The summed E-state index contributed by atoms with van der Waals surface area (Å²) in [5.41, 5.74) is 2.82. The third kappa shape index (κ3) is 34.3. The van der Waals surface area contributed by atoms with E-state index in [9.17, 15) is 19.2 Å². The summed E-state index contributed by atoms with van der Waals surface area (Å²) in [6.07, 6.45) is 17.9. The predicted octanol–water partition coefficient (Wildman–Crippen LogP) is 24.2. The molecule has 0 aromatic heterocycles. The number of cyclic esters (lactones) is 2. The van der Waals surface area contributed by atoms with Crippen molar-refractivity contribution in [2.75, 3.05) is 28.4 Å². The van der Waals surface area contributed by atoms with Crippen molar-refractivity contribution >= 4 is 99.5 Å². The number of carbonyl (C=O) groups is 6. The van der Waals surface area contributed by atoms with Gasteiger partial charge < -0.3 is 85.3 Å². The molecule has 140 heavy (non-hydrogen) atoms. The van der Waals surface area contributed by atoms with Crippen LogP contribution in [0, 0.1) is 47.3 Å². The monoisotopic (exact) mass is 2200 g/mol. The van der Waals surface area contributed by atoms with Crippen molar-refractivity contribution in [1.82, 2.24) is 0 Å². The molecule has 0 aliphatic carbocycles. The molecule has 4 saturated heterocycles. The number of hydrogen-bond donors (Lipinski definition) is 0. The quantitative estimate of drug-likeness (QED) is 0.0358. The second-order valence-corrected chi connectivity index (χ2v) is 44.7. The number of fused-ring (bicyclic) bond motifs is 8. The lowest BCUT2D eigenvalue weighted by Gasteiger charge is -2.48. The first-order valence-electron chi connectivity index (χ1n) is 50.4. The summed E-state index contributed by atoms with van der Waals surface area (Å²) < 4.78 is 123. The fraction of sp³-hybridized carbons (Fsp3) is 0.625. The Morgan fingerprint density at radius 1 is 0.386 bits per heavy atom. The molecule has 0 saturated carbocycles. The minimum Gasteiger partial charge on any atom is -0.458 e. The Morgan fingerprint density at radius 2 is 0.707 bits per heavy atom. The smallest absolute Gasteiger partial charge is 0.338 e. The molecule has 4 aromatic carbocycles. The zero-order valence-corrected chi connectivity index (χ0v) is 91.7. The van der Waals surface area contributed by atoms with Crippen LogP contribution in [0.2, 0.25) is 0 Å². The lowest BCUT2D eigenvalue weighted by atomic mass is 9.78. The van der Waals surface area contributed by atoms with Gasteiger partial charge in [-0.25, -0.2) is 28.8 Å². The maximum Gasteiger partial charge on any atom is 0.338 e. The molecule has 30 atom stereocenters. The number of allylic oxidation sites excluding steroid dienone is 4. The Kier molecular flexibility index (Phi) is 44.2. The number of esters is 6. The van der Waals surface area contributed by atoms with Crippen LogP contribution in [0.4, 0.5) is 0 Å². The number of rotatable bonds is 24. The van der Waals surface area contributed by atoms with E-state index in [4.69, 9.17) is 85.3 Å². The second kappa shape index (κ2) is 54.3. The number of halogens is 4. The van der Waals surface area contributed by atoms with Gasteiger partial charge in [-0.05, 0) is 228 Å². The molecule has 24 nitrogen and oxygen atoms in total. The van der Waals surface area contributed by atoms with Gasteiger partial charge in [0.2, 0.25) is 0 Å². The molecule has 772 valence electrons. The molecule has 4 fully saturated rings. The molecule has 0 N–H and O–H groups in total. The van der Waals surface area contributed by atoms with E-state index in [2.05, 4.69) is 117 Å². The standard InChI is InChI=1S/C112H152Br4O24/c1-65-27-49-91(131-107(119)77-33-41-81(113)42-34-77)57-85-23-21-25-87(129-85)61-95(125-19)71(7)98-64-100(140-112(15,16)138-98)74(10)106(76(12)104(136-110(122)80-39-47-84(116)48-40-80)68(4)32-52-90-60-94(124-18)56-70(6)128-90)134-102(118)54-30-66(2)28-50-92(132-108(120)78-35-43-82(114)44-36-78)58-86-24-22-26-88(130-86)62-96(126-20)72(8)97-63-99(139-111(13,14)137-97)73(9)105(133-101(117)53-29-65)75(11)103(135-109(121)79-37-45-83(115)46-38-79)67(3)31-51-89-59-93(123-17)55-69(5)127-89/h21-24,27-30,33-48,53-54,67-76,85-100,103-106H,25-26,31-32,49-52,55-64H2,1-20H3/b53-29+,54-30+,65-27+,66-28+/t67-,68-,69-,70-,71+,72+,73-,74-,75-,76-,85-,86-,87-,88-,89-,90-,91-,92-,93+,94+,95-,96-,97-,98-,99+,100+,103-,104-,105-,106-/m0/s1. The number of benzene rings is 4. The average Bonchev–Trinajstić information content (AvgIpc) is 0.787. The third-order valence-corrected chi connectivity index (χ3v) is 31.2. The maximum absolute atomic E-state index is 15.2. The molecule has 7 aliphatic heterocycles. The fourth-order valence-electron chi connectivity index (χ4n) is 21.2. The highest BCUT2D eigenvalue weighted by atomic mass is 79.9. The minimum absolute atomic E-state index is 0.0110. The van der Waals surface area contributed by atoms with E-state index in [0.29, 0.717) is 97.6 Å². The number of ether oxygens (including phenoxy) is 18. The highest BCUT2D eigenvalue weighted by Crippen LogP contribution is 2.45. The van der Waals surface area contributed by atoms with E-state index in [1.54, 1.807) is 138 Å². The van der Waals surface area contributed by atoms with Crippen LogP contribution in [-0.2, 0) is 94.9 Å². The van der Waals surface area contributed by atoms with Gasteiger partial charge in [-0.3, -0.25) is 0 Å². The van der Waals surface area contributed by atoms with Gasteiger partial charge >= 0.3 is 35.8 Å². The summed E-state index contributed by atoms with van der Waals surface area (Å²) in [7, 11) is 6.86. The van der Waals surface area contributed by atoms with E-state index in [1.165, 1.54) is 12.2 Å². The van der Waals surface area contributed by atoms with Gasteiger partial charge in [-0.15, -0.1) is 0 Å². The molecular weight excluding hydrogens is 2050 g/mol. The lowest BCUT2D eigenvalue weighted by Crippen LogP contribution is -2.54. The molecule has 11 rings (SSSR count). The summed E-state index contributed by atoms with van der Waals surface area (Å²) in [5, 5.41) is 0. The van der Waals surface area contributed by atoms with Crippen LogP contribution in [0.25, 0.3) is 0 Å². The van der Waals surface area contributed by atoms with Crippen molar-refractivity contribution < 1.29 is 114 Å². The molecule has 8 bridgehead atoms. The Morgan fingerprint density at radius 3 is 1.03 bits per heavy atom. The van der Waals surface area contributed by atoms with E-state index in [-0.39, 0.29) is 98.2 Å². The third-order valence-electron chi connectivity index (χ3n) is 29.1. The molecule has 0 spiro atoms. The molecule has 7 heterocycles. The van der Waals surface area contributed by atoms with E-state index in [0.717, 1.165) is 43.6 Å². The molecule has 0 amide bonds. The summed E-state index contributed by atoms with van der Waals surface area (Å²) >= 11 is 14.1. The molecule has 7 aliphatic rings. The van der Waals surface area contributed by atoms with Crippen LogP contribution in [0.3, 0.4) is 0 Å². The zero-order valence-electron chi connectivity index (χ0n) is 85.4. The predicted molar refractivity (Wildman–Crippen MR) is 550 cm³/mol. The topological polar surface area (TPSA) is 269 Å². The Bertz CT molecular complexity index is 4510.